The Hall–Kier alpha value is -2.12. The molecule has 0 bridgehead atoms. The summed E-state index contributed by atoms with van der Waals surface area (Å²) in [5, 5.41) is 6.50. The molecule has 1 atom stereocenters. The molecule has 2 rings (SSSR count). The van der Waals surface area contributed by atoms with E-state index in [-0.39, 0.29) is 6.10 Å². The number of benzene rings is 1. The van der Waals surface area contributed by atoms with Crippen molar-refractivity contribution in [2.45, 2.75) is 39.3 Å². The normalized spacial score (nSPS) is 12.7. The average molecular weight is 418 g/mol. The molecule has 7 heteroatoms. The molecule has 2 aromatic rings. The maximum atomic E-state index is 5.36. The summed E-state index contributed by atoms with van der Waals surface area (Å²) in [6.45, 7) is 7.55. The second kappa shape index (κ2) is 12.4. The number of rotatable bonds is 11. The Morgan fingerprint density at radius 1 is 1.24 bits per heavy atom. The largest absolute Gasteiger partial charge is 0.375 e. The van der Waals surface area contributed by atoms with Crippen molar-refractivity contribution >= 4 is 23.0 Å². The van der Waals surface area contributed by atoms with Crippen molar-refractivity contribution in [2.24, 2.45) is 4.99 Å². The van der Waals surface area contributed by atoms with Crippen molar-refractivity contribution in [1.82, 2.24) is 15.2 Å². The smallest absolute Gasteiger partial charge is 0.194 e. The van der Waals surface area contributed by atoms with Gasteiger partial charge in [-0.05, 0) is 38.8 Å². The minimum atomic E-state index is 0.0370. The fourth-order valence-corrected chi connectivity index (χ4v) is 3.77. The van der Waals surface area contributed by atoms with Crippen LogP contribution in [0.1, 0.15) is 43.5 Å². The summed E-state index contributed by atoms with van der Waals surface area (Å²) < 4.78 is 5.36. The first-order chi connectivity index (χ1) is 14.0. The number of ether oxygens (including phenoxy) is 1. The van der Waals surface area contributed by atoms with Gasteiger partial charge < -0.3 is 19.9 Å². The maximum absolute atomic E-state index is 5.36. The number of nitrogens with zero attached hydrogens (tertiary/aromatic N) is 4. The molecule has 160 valence electrons. The van der Waals surface area contributed by atoms with Crippen molar-refractivity contribution in [3.05, 3.63) is 46.4 Å². The van der Waals surface area contributed by atoms with Gasteiger partial charge in [-0.3, -0.25) is 4.99 Å². The zero-order valence-corrected chi connectivity index (χ0v) is 19.2. The molecular formula is C22H35N5OS. The summed E-state index contributed by atoms with van der Waals surface area (Å²) in [6.07, 6.45) is 2.21. The monoisotopic (exact) mass is 417 g/mol. The highest BCUT2D eigenvalue weighted by Gasteiger charge is 2.12. The highest BCUT2D eigenvalue weighted by molar-refractivity contribution is 7.09. The zero-order chi connectivity index (χ0) is 21.1. The summed E-state index contributed by atoms with van der Waals surface area (Å²) in [4.78, 5) is 13.9. The lowest BCUT2D eigenvalue weighted by Gasteiger charge is -2.21. The Kier molecular flexibility index (Phi) is 9.94. The van der Waals surface area contributed by atoms with E-state index in [1.54, 1.807) is 18.4 Å². The van der Waals surface area contributed by atoms with E-state index in [1.807, 2.05) is 6.92 Å². The Labute approximate surface area is 179 Å². The van der Waals surface area contributed by atoms with Crippen LogP contribution in [0.15, 0.2) is 40.7 Å². The van der Waals surface area contributed by atoms with E-state index >= 15 is 0 Å². The minimum absolute atomic E-state index is 0.0370. The molecule has 0 fully saturated rings. The summed E-state index contributed by atoms with van der Waals surface area (Å²) in [6, 6.07) is 10.5. The molecule has 0 aliphatic rings. The number of thiazole rings is 1. The van der Waals surface area contributed by atoms with E-state index in [4.69, 9.17) is 9.73 Å². The van der Waals surface area contributed by atoms with Gasteiger partial charge in [-0.15, -0.1) is 11.3 Å². The lowest BCUT2D eigenvalue weighted by molar-refractivity contribution is 0.119. The third-order valence-corrected chi connectivity index (χ3v) is 5.78. The molecule has 1 unspecified atom stereocenters. The molecule has 29 heavy (non-hydrogen) atoms. The van der Waals surface area contributed by atoms with Gasteiger partial charge in [0.15, 0.2) is 5.96 Å². The van der Waals surface area contributed by atoms with E-state index in [1.165, 1.54) is 5.69 Å². The average Bonchev–Trinajstić information content (AvgIpc) is 3.21. The van der Waals surface area contributed by atoms with E-state index < -0.39 is 0 Å². The third kappa shape index (κ3) is 7.66. The van der Waals surface area contributed by atoms with Gasteiger partial charge in [-0.1, -0.05) is 18.2 Å². The first-order valence-corrected chi connectivity index (χ1v) is 11.2. The van der Waals surface area contributed by atoms with E-state index in [2.05, 4.69) is 76.8 Å². The van der Waals surface area contributed by atoms with Gasteiger partial charge in [0.1, 0.15) is 11.1 Å². The van der Waals surface area contributed by atoms with Crippen molar-refractivity contribution in [3.63, 3.8) is 0 Å². The lowest BCUT2D eigenvalue weighted by atomic mass is 10.2. The third-order valence-electron chi connectivity index (χ3n) is 4.73. The molecule has 1 aromatic heterocycles. The molecule has 0 saturated heterocycles. The number of hydrogen-bond donors (Lipinski definition) is 1. The summed E-state index contributed by atoms with van der Waals surface area (Å²) in [5.74, 6) is 0.929. The summed E-state index contributed by atoms with van der Waals surface area (Å²) >= 11 is 1.65. The van der Waals surface area contributed by atoms with Gasteiger partial charge in [0, 0.05) is 51.9 Å². The Bertz CT molecular complexity index is 734. The van der Waals surface area contributed by atoms with Gasteiger partial charge in [0.2, 0.25) is 0 Å². The van der Waals surface area contributed by atoms with E-state index in [0.29, 0.717) is 0 Å². The first-order valence-electron chi connectivity index (χ1n) is 10.3. The minimum Gasteiger partial charge on any atom is -0.375 e. The topological polar surface area (TPSA) is 53.0 Å². The second-order valence-corrected chi connectivity index (χ2v) is 8.00. The summed E-state index contributed by atoms with van der Waals surface area (Å²) in [5.41, 5.74) is 2.31. The number of para-hydroxylation sites is 1. The SMILES string of the molecule is CCNC(=NCCCCN(C)c1ccccc1)N(C)Cc1csc(C(C)OC)n1. The van der Waals surface area contributed by atoms with Crippen LogP contribution < -0.4 is 10.2 Å². The number of anilines is 1. The number of aliphatic imine (C=N–C) groups is 1. The molecule has 1 N–H and O–H groups in total. The standard InChI is InChI=1S/C22H35N5OS/c1-6-23-22(27(4)16-19-17-29-21(25-19)18(2)28-5)24-14-10-11-15-26(3)20-12-8-7-9-13-20/h7-9,12-13,17-18H,6,10-11,14-16H2,1-5H3,(H,23,24). The fourth-order valence-electron chi connectivity index (χ4n) is 2.93. The van der Waals surface area contributed by atoms with Gasteiger partial charge in [0.25, 0.3) is 0 Å². The van der Waals surface area contributed by atoms with Crippen LogP contribution in [0.2, 0.25) is 0 Å². The van der Waals surface area contributed by atoms with Gasteiger partial charge in [-0.2, -0.15) is 0 Å². The molecule has 1 aromatic carbocycles. The van der Waals surface area contributed by atoms with Crippen molar-refractivity contribution in [3.8, 4) is 0 Å². The van der Waals surface area contributed by atoms with Crippen LogP contribution in [0.3, 0.4) is 0 Å². The fraction of sp³-hybridized carbons (Fsp3) is 0.545. The van der Waals surface area contributed by atoms with Crippen LogP contribution in [0, 0.1) is 0 Å². The summed E-state index contributed by atoms with van der Waals surface area (Å²) in [7, 11) is 5.91. The van der Waals surface area contributed by atoms with Crippen LogP contribution in [-0.2, 0) is 11.3 Å². The highest BCUT2D eigenvalue weighted by atomic mass is 32.1. The number of unbranched alkanes of at least 4 members (excludes halogenated alkanes) is 1. The number of aromatic nitrogens is 1. The first kappa shape index (κ1) is 23.2. The Balaban J connectivity index is 1.81. The highest BCUT2D eigenvalue weighted by Crippen LogP contribution is 2.21. The molecular weight excluding hydrogens is 382 g/mol. The molecule has 6 nitrogen and oxygen atoms in total. The van der Waals surface area contributed by atoms with Gasteiger partial charge in [-0.25, -0.2) is 4.98 Å². The molecule has 0 amide bonds. The van der Waals surface area contributed by atoms with Crippen LogP contribution in [-0.4, -0.2) is 56.7 Å². The lowest BCUT2D eigenvalue weighted by Crippen LogP contribution is -2.38. The molecule has 0 radical (unpaired) electrons. The maximum Gasteiger partial charge on any atom is 0.194 e. The predicted octanol–water partition coefficient (Wildman–Crippen LogP) is 4.16. The van der Waals surface area contributed by atoms with E-state index in [9.17, 15) is 0 Å². The van der Waals surface area contributed by atoms with Gasteiger partial charge >= 0.3 is 0 Å². The van der Waals surface area contributed by atoms with Crippen LogP contribution in [0.5, 0.6) is 0 Å². The number of methoxy groups -OCH3 is 1. The van der Waals surface area contributed by atoms with Crippen molar-refractivity contribution in [2.75, 3.05) is 45.7 Å². The number of guanidine groups is 1. The molecule has 0 spiro atoms. The predicted molar refractivity (Wildman–Crippen MR) is 124 cm³/mol. The second-order valence-electron chi connectivity index (χ2n) is 7.11. The molecule has 1 heterocycles. The Morgan fingerprint density at radius 2 is 2.00 bits per heavy atom. The van der Waals surface area contributed by atoms with Crippen LogP contribution in [0.4, 0.5) is 5.69 Å². The van der Waals surface area contributed by atoms with E-state index in [0.717, 1.165) is 55.7 Å². The number of hydrogen-bond acceptors (Lipinski definition) is 5. The van der Waals surface area contributed by atoms with Crippen LogP contribution in [0.25, 0.3) is 0 Å². The van der Waals surface area contributed by atoms with Gasteiger partial charge in [0.05, 0.1) is 12.2 Å². The van der Waals surface area contributed by atoms with Crippen molar-refractivity contribution < 1.29 is 4.74 Å². The molecule has 0 aliphatic carbocycles. The Morgan fingerprint density at radius 3 is 2.69 bits per heavy atom. The number of nitrogens with one attached hydrogen (secondary N) is 1. The zero-order valence-electron chi connectivity index (χ0n) is 18.4. The van der Waals surface area contributed by atoms with Crippen molar-refractivity contribution in [1.29, 1.82) is 0 Å². The quantitative estimate of drug-likeness (QED) is 0.338. The molecule has 0 aliphatic heterocycles. The molecule has 0 saturated carbocycles. The van der Waals surface area contributed by atoms with Crippen LogP contribution >= 0.6 is 11.3 Å².